The van der Waals surface area contributed by atoms with Gasteiger partial charge in [0.05, 0.1) is 16.1 Å². The van der Waals surface area contributed by atoms with Crippen molar-refractivity contribution in [2.75, 3.05) is 4.90 Å². The van der Waals surface area contributed by atoms with Gasteiger partial charge in [-0.1, -0.05) is 133 Å². The van der Waals surface area contributed by atoms with Crippen LogP contribution in [-0.4, -0.2) is 0 Å². The number of fused-ring (bicyclic) bond motifs is 7. The number of hydrogen-bond acceptors (Lipinski definition) is 3. The van der Waals surface area contributed by atoms with Crippen molar-refractivity contribution in [3.63, 3.8) is 0 Å². The van der Waals surface area contributed by atoms with E-state index in [1.54, 1.807) is 0 Å². The van der Waals surface area contributed by atoms with E-state index in [1.807, 2.05) is 17.4 Å². The molecule has 0 N–H and O–H groups in total. The van der Waals surface area contributed by atoms with Crippen molar-refractivity contribution < 1.29 is 4.42 Å². The van der Waals surface area contributed by atoms with E-state index in [0.29, 0.717) is 0 Å². The summed E-state index contributed by atoms with van der Waals surface area (Å²) in [6, 6.07) is 63.1. The number of benzene rings is 8. The molecule has 2 nitrogen and oxygen atoms in total. The highest BCUT2D eigenvalue weighted by atomic mass is 32.1. The Labute approximate surface area is 287 Å². The zero-order chi connectivity index (χ0) is 32.3. The molecule has 49 heavy (non-hydrogen) atoms. The minimum absolute atomic E-state index is 0.878. The third-order valence-corrected chi connectivity index (χ3v) is 10.9. The first-order valence-electron chi connectivity index (χ1n) is 16.6. The van der Waals surface area contributed by atoms with Crippen LogP contribution < -0.4 is 4.90 Å². The molecule has 10 aromatic rings. The summed E-state index contributed by atoms with van der Waals surface area (Å²) in [5.74, 6) is 0. The van der Waals surface area contributed by atoms with Crippen LogP contribution in [0.4, 0.5) is 17.1 Å². The number of para-hydroxylation sites is 2. The maximum absolute atomic E-state index is 6.67. The van der Waals surface area contributed by atoms with Gasteiger partial charge >= 0.3 is 0 Å². The maximum atomic E-state index is 6.67. The third kappa shape index (κ3) is 4.55. The molecular formula is C46H29NOS. The van der Waals surface area contributed by atoms with E-state index in [4.69, 9.17) is 4.42 Å². The van der Waals surface area contributed by atoms with Gasteiger partial charge in [0.15, 0.2) is 5.58 Å². The fourth-order valence-electron chi connectivity index (χ4n) is 7.34. The van der Waals surface area contributed by atoms with E-state index < -0.39 is 0 Å². The van der Waals surface area contributed by atoms with Gasteiger partial charge in [-0.15, -0.1) is 11.3 Å². The first-order chi connectivity index (χ1) is 24.3. The van der Waals surface area contributed by atoms with Crippen LogP contribution in [0.1, 0.15) is 0 Å². The summed E-state index contributed by atoms with van der Waals surface area (Å²) in [7, 11) is 0. The normalized spacial score (nSPS) is 11.7. The summed E-state index contributed by atoms with van der Waals surface area (Å²) < 4.78 is 9.19. The lowest BCUT2D eigenvalue weighted by Gasteiger charge is -2.27. The van der Waals surface area contributed by atoms with E-state index in [-0.39, 0.29) is 0 Å². The Hall–Kier alpha value is -6.16. The molecular weight excluding hydrogens is 615 g/mol. The van der Waals surface area contributed by atoms with Crippen molar-refractivity contribution in [1.82, 2.24) is 0 Å². The molecule has 0 saturated heterocycles. The zero-order valence-electron chi connectivity index (χ0n) is 26.5. The van der Waals surface area contributed by atoms with Crippen molar-refractivity contribution >= 4 is 81.3 Å². The number of hydrogen-bond donors (Lipinski definition) is 0. The van der Waals surface area contributed by atoms with Crippen LogP contribution in [0, 0.1) is 0 Å². The minimum Gasteiger partial charge on any atom is -0.454 e. The Kier molecular flexibility index (Phi) is 6.39. The van der Waals surface area contributed by atoms with Crippen LogP contribution in [0.5, 0.6) is 0 Å². The van der Waals surface area contributed by atoms with Gasteiger partial charge in [-0.05, 0) is 75.5 Å². The quantitative estimate of drug-likeness (QED) is 0.186. The Morgan fingerprint density at radius 3 is 2.04 bits per heavy atom. The van der Waals surface area contributed by atoms with Gasteiger partial charge in [-0.3, -0.25) is 0 Å². The molecule has 0 amide bonds. The highest BCUT2D eigenvalue weighted by molar-refractivity contribution is 7.26. The summed E-state index contributed by atoms with van der Waals surface area (Å²) in [6.07, 6.45) is 0. The van der Waals surface area contributed by atoms with Crippen LogP contribution in [0.2, 0.25) is 0 Å². The summed E-state index contributed by atoms with van der Waals surface area (Å²) >= 11 is 1.85. The summed E-state index contributed by atoms with van der Waals surface area (Å²) in [5.41, 5.74) is 9.83. The molecule has 0 saturated carbocycles. The van der Waals surface area contributed by atoms with Crippen molar-refractivity contribution in [1.29, 1.82) is 0 Å². The fraction of sp³-hybridized carbons (Fsp3) is 0. The van der Waals surface area contributed by atoms with Gasteiger partial charge in [0, 0.05) is 31.9 Å². The van der Waals surface area contributed by atoms with Crippen LogP contribution in [-0.2, 0) is 0 Å². The predicted molar refractivity (Wildman–Crippen MR) is 210 cm³/mol. The smallest absolute Gasteiger partial charge is 0.159 e. The summed E-state index contributed by atoms with van der Waals surface area (Å²) in [6.45, 7) is 0. The molecule has 10 rings (SSSR count). The number of nitrogens with zero attached hydrogens (tertiary/aromatic N) is 1. The Bertz CT molecular complexity index is 2830. The first-order valence-corrected chi connectivity index (χ1v) is 17.4. The summed E-state index contributed by atoms with van der Waals surface area (Å²) in [5, 5.41) is 7.28. The lowest BCUT2D eigenvalue weighted by atomic mass is 9.98. The topological polar surface area (TPSA) is 16.4 Å². The minimum atomic E-state index is 0.878. The third-order valence-electron chi connectivity index (χ3n) is 9.66. The van der Waals surface area contributed by atoms with Gasteiger partial charge in [0.25, 0.3) is 0 Å². The zero-order valence-corrected chi connectivity index (χ0v) is 27.3. The second-order valence-electron chi connectivity index (χ2n) is 12.5. The molecule has 0 aliphatic heterocycles. The average molecular weight is 644 g/mol. The van der Waals surface area contributed by atoms with Gasteiger partial charge in [0.2, 0.25) is 0 Å². The number of furan rings is 1. The van der Waals surface area contributed by atoms with E-state index in [9.17, 15) is 0 Å². The number of thiophene rings is 1. The lowest BCUT2D eigenvalue weighted by molar-refractivity contribution is 0.669. The molecule has 3 heteroatoms. The molecule has 0 unspecified atom stereocenters. The van der Waals surface area contributed by atoms with E-state index in [2.05, 4.69) is 175 Å². The molecule has 230 valence electrons. The van der Waals surface area contributed by atoms with E-state index in [1.165, 1.54) is 53.2 Å². The number of rotatable bonds is 5. The monoisotopic (exact) mass is 643 g/mol. The van der Waals surface area contributed by atoms with E-state index in [0.717, 1.165) is 39.0 Å². The van der Waals surface area contributed by atoms with Crippen molar-refractivity contribution in [3.05, 3.63) is 176 Å². The summed E-state index contributed by atoms with van der Waals surface area (Å²) in [4.78, 5) is 2.39. The molecule has 0 spiro atoms. The van der Waals surface area contributed by atoms with Crippen molar-refractivity contribution in [3.8, 4) is 22.3 Å². The van der Waals surface area contributed by atoms with Gasteiger partial charge < -0.3 is 9.32 Å². The molecule has 8 aromatic carbocycles. The van der Waals surface area contributed by atoms with Crippen LogP contribution >= 0.6 is 11.3 Å². The van der Waals surface area contributed by atoms with Gasteiger partial charge in [-0.25, -0.2) is 0 Å². The van der Waals surface area contributed by atoms with Gasteiger partial charge in [0.1, 0.15) is 5.58 Å². The van der Waals surface area contributed by atoms with E-state index >= 15 is 0 Å². The molecule has 0 bridgehead atoms. The lowest BCUT2D eigenvalue weighted by Crippen LogP contribution is -2.10. The largest absolute Gasteiger partial charge is 0.454 e. The average Bonchev–Trinajstić information content (AvgIpc) is 3.75. The maximum Gasteiger partial charge on any atom is 0.159 e. The molecule has 0 atom stereocenters. The van der Waals surface area contributed by atoms with Crippen molar-refractivity contribution in [2.24, 2.45) is 0 Å². The Balaban J connectivity index is 1.23. The second-order valence-corrected chi connectivity index (χ2v) is 13.5. The van der Waals surface area contributed by atoms with Crippen LogP contribution in [0.25, 0.3) is 75.1 Å². The second kappa shape index (κ2) is 11.2. The molecule has 0 fully saturated rings. The predicted octanol–water partition coefficient (Wildman–Crippen LogP) is 13.9. The molecule has 0 aliphatic rings. The SMILES string of the molecule is c1ccc(-c2ccc(N(c3ccc(-c4ccc5ccccc5c4)cc3)c3cccc4c3oc3ccccc34)c3sc4ccccc4c23)cc1. The van der Waals surface area contributed by atoms with Crippen LogP contribution in [0.15, 0.2) is 180 Å². The van der Waals surface area contributed by atoms with Crippen LogP contribution in [0.3, 0.4) is 0 Å². The Morgan fingerprint density at radius 2 is 1.16 bits per heavy atom. The molecule has 2 aromatic heterocycles. The first kappa shape index (κ1) is 27.9. The standard InChI is InChI=1S/C46H29NOS/c1-2-12-32(13-3-1)36-27-28-41(46-44(36)39-16-7-9-20-43(39)49-46)47(40-18-10-17-38-37-15-6-8-19-42(37)48-45(38)40)35-25-23-31(24-26-35)34-22-21-30-11-4-5-14-33(30)29-34/h1-29H. The number of anilines is 3. The molecule has 2 heterocycles. The highest BCUT2D eigenvalue weighted by Gasteiger charge is 2.24. The van der Waals surface area contributed by atoms with Crippen molar-refractivity contribution in [2.45, 2.75) is 0 Å². The molecule has 0 radical (unpaired) electrons. The fourth-order valence-corrected chi connectivity index (χ4v) is 8.57. The Morgan fingerprint density at radius 1 is 0.449 bits per heavy atom. The highest BCUT2D eigenvalue weighted by Crippen LogP contribution is 2.50. The molecule has 0 aliphatic carbocycles. The van der Waals surface area contributed by atoms with Gasteiger partial charge in [-0.2, -0.15) is 0 Å².